The monoisotopic (exact) mass is 485 g/mol. The second kappa shape index (κ2) is 24.3. The molecule has 0 atom stereocenters. The molecule has 0 radical (unpaired) electrons. The van der Waals surface area contributed by atoms with Crippen LogP contribution < -0.4 is 34.9 Å². The minimum absolute atomic E-state index is 0. The van der Waals surface area contributed by atoms with E-state index >= 15 is 0 Å². The van der Waals surface area contributed by atoms with Crippen molar-refractivity contribution in [1.29, 1.82) is 0 Å². The van der Waals surface area contributed by atoms with Crippen LogP contribution in [-0.4, -0.2) is 64.6 Å². The van der Waals surface area contributed by atoms with Gasteiger partial charge in [0, 0.05) is 13.1 Å². The van der Waals surface area contributed by atoms with E-state index in [1.165, 1.54) is 51.9 Å². The molecule has 178 valence electrons. The molecule has 1 aliphatic rings. The molecular formula is C18H40NNaO8S2. The molecule has 1 saturated heterocycles. The first-order chi connectivity index (χ1) is 13.6. The van der Waals surface area contributed by atoms with E-state index in [1.807, 2.05) is 0 Å². The fraction of sp³-hybridized carbons (Fsp3) is 1.00. The van der Waals surface area contributed by atoms with Crippen molar-refractivity contribution in [3.8, 4) is 0 Å². The van der Waals surface area contributed by atoms with E-state index in [9.17, 15) is 21.4 Å². The minimum atomic E-state index is -4.48. The van der Waals surface area contributed by atoms with Crippen molar-refractivity contribution >= 4 is 20.5 Å². The van der Waals surface area contributed by atoms with E-state index in [-0.39, 0.29) is 41.9 Å². The van der Waals surface area contributed by atoms with Crippen molar-refractivity contribution in [1.82, 2.24) is 5.32 Å². The van der Waals surface area contributed by atoms with Crippen LogP contribution in [0.3, 0.4) is 0 Å². The maximum Gasteiger partial charge on any atom is 1.00 e. The fourth-order valence-electron chi connectivity index (χ4n) is 2.27. The van der Waals surface area contributed by atoms with Gasteiger partial charge in [0.25, 0.3) is 10.1 Å². The van der Waals surface area contributed by atoms with Gasteiger partial charge in [-0.15, -0.1) is 0 Å². The van der Waals surface area contributed by atoms with Crippen LogP contribution in [0.5, 0.6) is 0 Å². The van der Waals surface area contributed by atoms with Crippen LogP contribution in [0, 0.1) is 0 Å². The normalized spacial score (nSPS) is 13.9. The number of ether oxygens (including phenoxy) is 1. The average molecular weight is 486 g/mol. The molecule has 0 bridgehead atoms. The van der Waals surface area contributed by atoms with Crippen LogP contribution in [0.1, 0.15) is 78.1 Å². The number of hydrogen-bond donors (Lipinski definition) is 2. The Morgan fingerprint density at radius 3 is 1.53 bits per heavy atom. The van der Waals surface area contributed by atoms with Crippen molar-refractivity contribution in [2.24, 2.45) is 0 Å². The molecule has 0 aromatic heterocycles. The van der Waals surface area contributed by atoms with E-state index in [0.717, 1.165) is 39.1 Å². The van der Waals surface area contributed by atoms with Crippen LogP contribution in [-0.2, 0) is 29.4 Å². The summed E-state index contributed by atoms with van der Waals surface area (Å²) in [6.07, 6.45) is 11.7. The SMILES string of the molecule is C1COCCN1.CCCCCCCCCCCCOS(=O)(=O)[O-].CCS(=O)(=O)O.[Na+]. The Morgan fingerprint density at radius 1 is 0.867 bits per heavy atom. The van der Waals surface area contributed by atoms with Gasteiger partial charge in [0.15, 0.2) is 0 Å². The first-order valence-electron chi connectivity index (χ1n) is 10.5. The predicted octanol–water partition coefficient (Wildman–Crippen LogP) is -0.112. The predicted molar refractivity (Wildman–Crippen MR) is 113 cm³/mol. The smallest absolute Gasteiger partial charge is 0.726 e. The molecule has 1 rings (SSSR count). The van der Waals surface area contributed by atoms with Crippen molar-refractivity contribution in [3.05, 3.63) is 0 Å². The van der Waals surface area contributed by atoms with E-state index in [4.69, 9.17) is 9.29 Å². The summed E-state index contributed by atoms with van der Waals surface area (Å²) in [5.74, 6) is -0.201. The van der Waals surface area contributed by atoms with Gasteiger partial charge in [0.2, 0.25) is 10.4 Å². The molecule has 0 unspecified atom stereocenters. The van der Waals surface area contributed by atoms with Gasteiger partial charge in [-0.3, -0.25) is 8.74 Å². The Morgan fingerprint density at radius 2 is 1.27 bits per heavy atom. The van der Waals surface area contributed by atoms with Crippen LogP contribution in [0.25, 0.3) is 0 Å². The zero-order valence-corrected chi connectivity index (χ0v) is 22.6. The zero-order chi connectivity index (χ0) is 22.4. The molecule has 12 heteroatoms. The van der Waals surface area contributed by atoms with Gasteiger partial charge >= 0.3 is 29.6 Å². The van der Waals surface area contributed by atoms with Gasteiger partial charge in [-0.25, -0.2) is 8.42 Å². The molecule has 1 heterocycles. The summed E-state index contributed by atoms with van der Waals surface area (Å²) in [6, 6.07) is 0. The molecule has 0 spiro atoms. The summed E-state index contributed by atoms with van der Waals surface area (Å²) in [4.78, 5) is 0. The third-order valence-corrected chi connectivity index (χ3v) is 5.12. The summed E-state index contributed by atoms with van der Waals surface area (Å²) >= 11 is 0. The Balaban J connectivity index is -0.000000456. The first-order valence-corrected chi connectivity index (χ1v) is 13.4. The molecule has 0 aromatic carbocycles. The first kappa shape index (κ1) is 35.3. The Labute approximate surface area is 206 Å². The molecule has 2 N–H and O–H groups in total. The van der Waals surface area contributed by atoms with E-state index in [1.54, 1.807) is 0 Å². The summed E-state index contributed by atoms with van der Waals surface area (Å²) in [5.41, 5.74) is 0. The van der Waals surface area contributed by atoms with Gasteiger partial charge in [0.05, 0.1) is 25.6 Å². The number of hydrogen-bond acceptors (Lipinski definition) is 8. The minimum Gasteiger partial charge on any atom is -0.726 e. The maximum absolute atomic E-state index is 10.1. The Kier molecular flexibility index (Phi) is 28.6. The summed E-state index contributed by atoms with van der Waals surface area (Å²) in [7, 11) is -8.15. The van der Waals surface area contributed by atoms with Crippen LogP contribution in [0.4, 0.5) is 0 Å². The summed E-state index contributed by atoms with van der Waals surface area (Å²) < 4.78 is 66.4. The van der Waals surface area contributed by atoms with Crippen LogP contribution >= 0.6 is 0 Å². The zero-order valence-electron chi connectivity index (χ0n) is 18.9. The second-order valence-corrected chi connectivity index (χ2v) is 9.44. The molecule has 9 nitrogen and oxygen atoms in total. The number of rotatable bonds is 13. The largest absolute Gasteiger partial charge is 1.00 e. The summed E-state index contributed by atoms with van der Waals surface area (Å²) in [6.45, 7) is 7.45. The number of nitrogens with one attached hydrogen (secondary N) is 1. The molecule has 0 aliphatic carbocycles. The van der Waals surface area contributed by atoms with E-state index in [2.05, 4.69) is 16.4 Å². The average Bonchev–Trinajstić information content (AvgIpc) is 2.67. The van der Waals surface area contributed by atoms with Crippen molar-refractivity contribution in [3.63, 3.8) is 0 Å². The van der Waals surface area contributed by atoms with Crippen molar-refractivity contribution in [2.45, 2.75) is 78.1 Å². The Bertz CT molecular complexity index is 529. The number of unbranched alkanes of at least 4 members (excludes halogenated alkanes) is 9. The van der Waals surface area contributed by atoms with Gasteiger partial charge < -0.3 is 14.6 Å². The summed E-state index contributed by atoms with van der Waals surface area (Å²) in [5, 5.41) is 3.16. The number of morpholine rings is 1. The molecule has 0 saturated carbocycles. The second-order valence-electron chi connectivity index (χ2n) is 6.65. The van der Waals surface area contributed by atoms with Crippen LogP contribution in [0.2, 0.25) is 0 Å². The fourth-order valence-corrected chi connectivity index (χ4v) is 2.59. The van der Waals surface area contributed by atoms with Gasteiger partial charge in [0.1, 0.15) is 0 Å². The Hall–Kier alpha value is 0.700. The molecule has 0 amide bonds. The quantitative estimate of drug-likeness (QED) is 0.158. The van der Waals surface area contributed by atoms with E-state index in [0.29, 0.717) is 6.42 Å². The molecular weight excluding hydrogens is 445 g/mol. The maximum atomic E-state index is 10.1. The van der Waals surface area contributed by atoms with Crippen molar-refractivity contribution < 1.29 is 64.4 Å². The van der Waals surface area contributed by atoms with Crippen molar-refractivity contribution in [2.75, 3.05) is 38.7 Å². The van der Waals surface area contributed by atoms with E-state index < -0.39 is 20.5 Å². The van der Waals surface area contributed by atoms with Gasteiger partial charge in [-0.05, 0) is 13.3 Å². The van der Waals surface area contributed by atoms with Gasteiger partial charge in [-0.1, -0.05) is 64.7 Å². The third kappa shape index (κ3) is 39.2. The molecule has 0 aromatic rings. The van der Waals surface area contributed by atoms with Crippen LogP contribution in [0.15, 0.2) is 0 Å². The van der Waals surface area contributed by atoms with Gasteiger partial charge in [-0.2, -0.15) is 8.42 Å². The third-order valence-electron chi connectivity index (χ3n) is 3.94. The molecule has 1 fully saturated rings. The topological polar surface area (TPSA) is 142 Å². The standard InChI is InChI=1S/C12H26O4S.C4H9NO.C2H6O3S.Na/c1-2-3-4-5-6-7-8-9-10-11-12-16-17(13,14)15;1-3-6-4-2-5-1;1-2-6(3,4)5;/h2-12H2,1H3,(H,13,14,15);5H,1-4H2;2H2,1H3,(H,3,4,5);/q;;;+1/p-1. The molecule has 30 heavy (non-hydrogen) atoms. The molecule has 1 aliphatic heterocycles.